The number of imidazole rings is 1. The summed E-state index contributed by atoms with van der Waals surface area (Å²) in [6, 6.07) is 10.4. The van der Waals surface area contributed by atoms with Gasteiger partial charge in [0.1, 0.15) is 17.2 Å². The van der Waals surface area contributed by atoms with E-state index in [9.17, 15) is 13.6 Å². The monoisotopic (exact) mass is 590 g/mol. The first-order chi connectivity index (χ1) is 19.7. The molecule has 10 heteroatoms. The molecule has 2 bridgehead atoms. The van der Waals surface area contributed by atoms with E-state index in [1.165, 1.54) is 6.07 Å². The standard InChI is InChI=1S/C32H36F2N4O3Si/c1-31(2,3)42(6,7)41-32(4,5)29-35-16-20(17-36-29)18-11-12-22-23(13-18)38-24-14-19(28(38)37-22)15-25(39)21-9-8-10-26(27(21)24)40-30(33)34/h8-13,16-17,19,24,30H,14-15H2,1-7H3/t19-,24+/m0/s1. The second kappa shape index (κ2) is 9.77. The Bertz CT molecular complexity index is 1690. The van der Waals surface area contributed by atoms with Gasteiger partial charge in [0.2, 0.25) is 0 Å². The van der Waals surface area contributed by atoms with Crippen molar-refractivity contribution in [1.29, 1.82) is 0 Å². The Morgan fingerprint density at radius 1 is 1.02 bits per heavy atom. The number of hydrogen-bond donors (Lipinski definition) is 0. The van der Waals surface area contributed by atoms with Crippen LogP contribution in [0.1, 0.15) is 87.0 Å². The van der Waals surface area contributed by atoms with Crippen LogP contribution in [0.2, 0.25) is 18.1 Å². The molecule has 6 rings (SSSR count). The zero-order chi connectivity index (χ0) is 30.2. The first kappa shape index (κ1) is 28.6. The van der Waals surface area contributed by atoms with Crippen LogP contribution in [0.15, 0.2) is 48.8 Å². The van der Waals surface area contributed by atoms with Gasteiger partial charge in [-0.1, -0.05) is 39.0 Å². The van der Waals surface area contributed by atoms with E-state index in [1.54, 1.807) is 12.1 Å². The molecule has 3 heterocycles. The molecule has 2 aromatic carbocycles. The molecule has 0 unspecified atom stereocenters. The van der Waals surface area contributed by atoms with Gasteiger partial charge < -0.3 is 13.7 Å². The Hall–Kier alpha value is -3.50. The number of ketones is 1. The summed E-state index contributed by atoms with van der Waals surface area (Å²) in [6.07, 6.45) is 4.51. The normalized spacial score (nSPS) is 18.8. The molecule has 0 fully saturated rings. The Labute approximate surface area is 245 Å². The van der Waals surface area contributed by atoms with Gasteiger partial charge in [-0.3, -0.25) is 4.79 Å². The van der Waals surface area contributed by atoms with Gasteiger partial charge in [-0.2, -0.15) is 8.78 Å². The Morgan fingerprint density at radius 3 is 2.40 bits per heavy atom. The highest BCUT2D eigenvalue weighted by molar-refractivity contribution is 6.74. The fourth-order valence-corrected chi connectivity index (χ4v) is 7.77. The van der Waals surface area contributed by atoms with E-state index >= 15 is 0 Å². The highest BCUT2D eigenvalue weighted by Gasteiger charge is 2.44. The first-order valence-electron chi connectivity index (χ1n) is 14.3. The van der Waals surface area contributed by atoms with Gasteiger partial charge in [0, 0.05) is 41.4 Å². The third-order valence-corrected chi connectivity index (χ3v) is 13.7. The molecule has 7 nitrogen and oxygen atoms in total. The smallest absolute Gasteiger partial charge is 0.387 e. The minimum atomic E-state index is -2.99. The molecule has 0 N–H and O–H groups in total. The van der Waals surface area contributed by atoms with Gasteiger partial charge in [0.25, 0.3) is 0 Å². The zero-order valence-corrected chi connectivity index (χ0v) is 26.0. The zero-order valence-electron chi connectivity index (χ0n) is 25.0. The maximum absolute atomic E-state index is 13.4. The van der Waals surface area contributed by atoms with Crippen molar-refractivity contribution in [3.63, 3.8) is 0 Å². The molecular weight excluding hydrogens is 554 g/mol. The van der Waals surface area contributed by atoms with Crippen molar-refractivity contribution in [2.45, 2.75) is 89.8 Å². The number of ether oxygens (including phenoxy) is 1. The largest absolute Gasteiger partial charge is 0.434 e. The third kappa shape index (κ3) is 4.74. The van der Waals surface area contributed by atoms with Crippen LogP contribution in [0.4, 0.5) is 8.78 Å². The summed E-state index contributed by atoms with van der Waals surface area (Å²) in [5, 5.41) is 0.0581. The average molecular weight is 591 g/mol. The minimum Gasteiger partial charge on any atom is -0.434 e. The van der Waals surface area contributed by atoms with Gasteiger partial charge >= 0.3 is 6.61 Å². The molecule has 0 saturated carbocycles. The molecule has 1 aliphatic heterocycles. The fourth-order valence-electron chi connectivity index (χ4n) is 6.10. The first-order valence-corrected chi connectivity index (χ1v) is 17.2. The summed E-state index contributed by atoms with van der Waals surface area (Å²) < 4.78 is 40.4. The van der Waals surface area contributed by atoms with Gasteiger partial charge in [-0.05, 0) is 62.2 Å². The molecule has 0 saturated heterocycles. The molecule has 2 aromatic heterocycles. The van der Waals surface area contributed by atoms with Crippen molar-refractivity contribution in [2.75, 3.05) is 0 Å². The van der Waals surface area contributed by atoms with E-state index in [0.29, 0.717) is 23.4 Å². The molecule has 1 aliphatic carbocycles. The lowest BCUT2D eigenvalue weighted by atomic mass is 9.97. The van der Waals surface area contributed by atoms with Crippen LogP contribution in [-0.2, 0) is 10.0 Å². The van der Waals surface area contributed by atoms with E-state index in [0.717, 1.165) is 28.0 Å². The summed E-state index contributed by atoms with van der Waals surface area (Å²) >= 11 is 0. The number of carbonyl (C=O) groups excluding carboxylic acids is 1. The van der Waals surface area contributed by atoms with Crippen molar-refractivity contribution in [3.05, 3.63) is 71.6 Å². The van der Waals surface area contributed by atoms with Crippen LogP contribution in [0.25, 0.3) is 22.2 Å². The lowest BCUT2D eigenvalue weighted by Crippen LogP contribution is -2.46. The number of hydrogen-bond acceptors (Lipinski definition) is 6. The van der Waals surface area contributed by atoms with Gasteiger partial charge in [0.05, 0.1) is 17.1 Å². The number of fused-ring (bicyclic) bond motifs is 9. The Kier molecular flexibility index (Phi) is 6.66. The van der Waals surface area contributed by atoms with E-state index in [1.807, 2.05) is 44.4 Å². The highest BCUT2D eigenvalue weighted by atomic mass is 28.4. The van der Waals surface area contributed by atoms with Gasteiger partial charge in [-0.25, -0.2) is 15.0 Å². The van der Waals surface area contributed by atoms with Crippen LogP contribution in [0, 0.1) is 0 Å². The number of halogens is 2. The molecule has 0 spiro atoms. The van der Waals surface area contributed by atoms with Crippen LogP contribution < -0.4 is 4.74 Å². The van der Waals surface area contributed by atoms with Gasteiger partial charge in [-0.15, -0.1) is 0 Å². The molecule has 0 radical (unpaired) electrons. The SMILES string of the molecule is CC(C)(O[Si](C)(C)C(C)(C)C)c1ncc(-c2ccc3nc4n(c3c2)[C@@H]2C[C@H]4CC(=O)c3cccc(OC(F)F)c32)cn1. The highest BCUT2D eigenvalue weighted by Crippen LogP contribution is 2.50. The molecular formula is C32H36F2N4O3Si. The maximum atomic E-state index is 13.4. The van der Waals surface area contributed by atoms with E-state index < -0.39 is 20.5 Å². The lowest BCUT2D eigenvalue weighted by Gasteiger charge is -2.42. The summed E-state index contributed by atoms with van der Waals surface area (Å²) in [5.41, 5.74) is 3.71. The van der Waals surface area contributed by atoms with Crippen molar-refractivity contribution >= 4 is 25.1 Å². The van der Waals surface area contributed by atoms with Crippen molar-refractivity contribution < 1.29 is 22.7 Å². The Balaban J connectivity index is 1.38. The third-order valence-electron chi connectivity index (χ3n) is 9.09. The van der Waals surface area contributed by atoms with Gasteiger partial charge in [0.15, 0.2) is 19.9 Å². The van der Waals surface area contributed by atoms with E-state index in [-0.39, 0.29) is 35.0 Å². The van der Waals surface area contributed by atoms with Crippen molar-refractivity contribution in [2.24, 2.45) is 0 Å². The summed E-state index contributed by atoms with van der Waals surface area (Å²) in [6.45, 7) is 12.1. The summed E-state index contributed by atoms with van der Waals surface area (Å²) in [7, 11) is -2.05. The lowest BCUT2D eigenvalue weighted by molar-refractivity contribution is -0.0507. The summed E-state index contributed by atoms with van der Waals surface area (Å²) in [4.78, 5) is 27.4. The van der Waals surface area contributed by atoms with Crippen molar-refractivity contribution in [1.82, 2.24) is 19.5 Å². The van der Waals surface area contributed by atoms with Crippen molar-refractivity contribution in [3.8, 4) is 16.9 Å². The van der Waals surface area contributed by atoms with Crippen LogP contribution >= 0.6 is 0 Å². The number of aromatic nitrogens is 4. The summed E-state index contributed by atoms with van der Waals surface area (Å²) in [5.74, 6) is 1.29. The number of nitrogens with zero attached hydrogens (tertiary/aromatic N) is 4. The van der Waals surface area contributed by atoms with Crippen LogP contribution in [0.3, 0.4) is 0 Å². The topological polar surface area (TPSA) is 79.1 Å². The predicted molar refractivity (Wildman–Crippen MR) is 160 cm³/mol. The second-order valence-corrected chi connectivity index (χ2v) is 18.1. The van der Waals surface area contributed by atoms with E-state index in [2.05, 4.69) is 38.4 Å². The number of Topliss-reactive ketones (excluding diaryl/α,β-unsaturated/α-hetero) is 1. The number of alkyl halides is 2. The van der Waals surface area contributed by atoms with E-state index in [4.69, 9.17) is 24.1 Å². The quantitative estimate of drug-likeness (QED) is 0.212. The van der Waals surface area contributed by atoms with Crippen LogP contribution in [-0.4, -0.2) is 40.2 Å². The molecule has 2 aliphatic rings. The molecule has 42 heavy (non-hydrogen) atoms. The predicted octanol–water partition coefficient (Wildman–Crippen LogP) is 8.01. The molecule has 0 amide bonds. The Morgan fingerprint density at radius 2 is 1.74 bits per heavy atom. The fraction of sp³-hybridized carbons (Fsp3) is 0.438. The molecule has 2 atom stereocenters. The maximum Gasteiger partial charge on any atom is 0.387 e. The number of benzene rings is 2. The second-order valence-electron chi connectivity index (χ2n) is 13.4. The minimum absolute atomic E-state index is 0.0406. The molecule has 4 aromatic rings. The molecule has 220 valence electrons. The average Bonchev–Trinajstić information content (AvgIpc) is 3.39. The number of rotatable bonds is 6. The number of carbonyl (C=O) groups is 1. The van der Waals surface area contributed by atoms with Crippen LogP contribution in [0.5, 0.6) is 5.75 Å².